The number of hydrogen-bond donors (Lipinski definition) is 4. The van der Waals surface area contributed by atoms with Crippen molar-refractivity contribution in [3.8, 4) is 10.4 Å². The van der Waals surface area contributed by atoms with Crippen molar-refractivity contribution >= 4 is 67.5 Å². The van der Waals surface area contributed by atoms with Crippen molar-refractivity contribution < 1.29 is 28.7 Å². The molecular formula is C38H46N8O6S. The number of fused-ring (bicyclic) bond motifs is 4. The summed E-state index contributed by atoms with van der Waals surface area (Å²) in [5.41, 5.74) is 4.48. The van der Waals surface area contributed by atoms with Crippen LogP contribution in [0.15, 0.2) is 36.4 Å². The summed E-state index contributed by atoms with van der Waals surface area (Å²) in [6.45, 7) is 8.79. The average molecular weight is 743 g/mol. The number of aromatic nitrogens is 4. The molecule has 4 amide bonds. The van der Waals surface area contributed by atoms with Gasteiger partial charge < -0.3 is 39.9 Å². The lowest BCUT2D eigenvalue weighted by atomic mass is 10.0. The lowest BCUT2D eigenvalue weighted by Crippen LogP contribution is -2.51. The summed E-state index contributed by atoms with van der Waals surface area (Å²) in [5.74, 6) is 0.951. The zero-order valence-electron chi connectivity index (χ0n) is 30.8. The van der Waals surface area contributed by atoms with Crippen molar-refractivity contribution in [1.82, 2.24) is 40.4 Å². The second kappa shape index (κ2) is 14.7. The Balaban J connectivity index is 1.14. The van der Waals surface area contributed by atoms with E-state index in [4.69, 9.17) is 19.4 Å². The van der Waals surface area contributed by atoms with Gasteiger partial charge in [-0.2, -0.15) is 0 Å². The van der Waals surface area contributed by atoms with Gasteiger partial charge in [0.25, 0.3) is 0 Å². The van der Waals surface area contributed by atoms with E-state index < -0.39 is 24.3 Å². The summed E-state index contributed by atoms with van der Waals surface area (Å²) in [5, 5.41) is 6.49. The van der Waals surface area contributed by atoms with Crippen LogP contribution in [0, 0.1) is 11.8 Å². The number of ether oxygens (including phenoxy) is 2. The van der Waals surface area contributed by atoms with Crippen LogP contribution in [0.5, 0.6) is 0 Å². The highest BCUT2D eigenvalue weighted by Gasteiger charge is 2.39. The van der Waals surface area contributed by atoms with E-state index >= 15 is 0 Å². The number of benzene rings is 2. The largest absolute Gasteiger partial charge is 0.453 e. The van der Waals surface area contributed by atoms with Crippen LogP contribution < -0.4 is 10.6 Å². The van der Waals surface area contributed by atoms with E-state index in [0.717, 1.165) is 79.9 Å². The molecule has 2 fully saturated rings. The molecule has 4 N–H and O–H groups in total. The summed E-state index contributed by atoms with van der Waals surface area (Å²) in [4.78, 5) is 73.0. The first kappa shape index (κ1) is 36.2. The normalized spacial score (nSPS) is 18.7. The van der Waals surface area contributed by atoms with Gasteiger partial charge in [-0.25, -0.2) is 19.6 Å². The number of nitrogens with one attached hydrogen (secondary N) is 4. The Morgan fingerprint density at radius 1 is 0.774 bits per heavy atom. The van der Waals surface area contributed by atoms with Gasteiger partial charge in [-0.3, -0.25) is 9.59 Å². The Bertz CT molecular complexity index is 2190. The van der Waals surface area contributed by atoms with E-state index in [9.17, 15) is 19.2 Å². The first-order valence-corrected chi connectivity index (χ1v) is 19.0. The summed E-state index contributed by atoms with van der Waals surface area (Å²) in [6, 6.07) is 10.6. The lowest BCUT2D eigenvalue weighted by molar-refractivity contribution is -0.136. The first-order valence-electron chi connectivity index (χ1n) is 18.2. The smallest absolute Gasteiger partial charge is 0.407 e. The number of carbonyl (C=O) groups is 4. The molecule has 14 nitrogen and oxygen atoms in total. The number of aromatic amines is 2. The number of hydrogen-bond acceptors (Lipinski definition) is 9. The Labute approximate surface area is 311 Å². The highest BCUT2D eigenvalue weighted by Crippen LogP contribution is 2.40. The number of likely N-dealkylation sites (tertiary alicyclic amines) is 2. The third-order valence-electron chi connectivity index (χ3n) is 10.4. The molecule has 4 atom stereocenters. The number of carbonyl (C=O) groups excluding carboxylic acids is 4. The summed E-state index contributed by atoms with van der Waals surface area (Å²) in [6.07, 6.45) is 1.97. The van der Waals surface area contributed by atoms with Crippen LogP contribution in [0.4, 0.5) is 9.59 Å². The fourth-order valence-corrected chi connectivity index (χ4v) is 8.76. The minimum absolute atomic E-state index is 0.113. The standard InChI is InChI=1S/C38H46N8O6S/c1-19(2)29(43-37(49)51-5)35(47)45-15-7-9-26(45)33-39-23-13-11-21(17-25(23)41-33)28-18-22-12-14-24-31(32(22)53-28)42-34(40-24)27-10-8-16-46(27)36(48)30(20(3)4)44-38(50)52-6/h11-14,17-20,26-27,29-30H,7-10,15-16H2,1-6H3,(H,39,41)(H,40,42)(H,43,49)(H,44,50)/t26-,27-,29-,30-/m0/s1. The SMILES string of the molecule is COC(=O)N[C@H](C(=O)N1CCC[C@H]1c1nc2ccc(-c3cc4ccc5[nH]c([C@@H]6CCCN6C(=O)[C@@H](NC(=O)OC)C(C)C)nc5c4s3)cc2[nH]1)C(C)C. The second-order valence-corrected chi connectivity index (χ2v) is 15.6. The monoisotopic (exact) mass is 742 g/mol. The van der Waals surface area contributed by atoms with Gasteiger partial charge >= 0.3 is 12.2 Å². The maximum atomic E-state index is 13.7. The molecule has 2 aromatic carbocycles. The Morgan fingerprint density at radius 2 is 1.34 bits per heavy atom. The molecule has 15 heteroatoms. The molecule has 0 saturated carbocycles. The van der Waals surface area contributed by atoms with Gasteiger partial charge in [0.1, 0.15) is 29.2 Å². The molecule has 0 bridgehead atoms. The Kier molecular flexibility index (Phi) is 10.0. The van der Waals surface area contributed by atoms with E-state index in [-0.39, 0.29) is 35.7 Å². The molecular weight excluding hydrogens is 697 g/mol. The molecule has 2 aliphatic heterocycles. The van der Waals surface area contributed by atoms with Gasteiger partial charge in [0.15, 0.2) is 0 Å². The second-order valence-electron chi connectivity index (χ2n) is 14.6. The van der Waals surface area contributed by atoms with Crippen molar-refractivity contribution in [2.45, 2.75) is 77.5 Å². The third kappa shape index (κ3) is 6.89. The predicted molar refractivity (Wildman–Crippen MR) is 202 cm³/mol. The highest BCUT2D eigenvalue weighted by molar-refractivity contribution is 7.23. The molecule has 53 heavy (non-hydrogen) atoms. The summed E-state index contributed by atoms with van der Waals surface area (Å²) in [7, 11) is 2.58. The van der Waals surface area contributed by atoms with Crippen LogP contribution in [0.2, 0.25) is 0 Å². The van der Waals surface area contributed by atoms with E-state index in [1.54, 1.807) is 11.3 Å². The van der Waals surface area contributed by atoms with Crippen molar-refractivity contribution in [1.29, 1.82) is 0 Å². The third-order valence-corrected chi connectivity index (χ3v) is 11.6. The van der Waals surface area contributed by atoms with Crippen molar-refractivity contribution in [3.05, 3.63) is 48.0 Å². The van der Waals surface area contributed by atoms with Crippen LogP contribution in [-0.2, 0) is 19.1 Å². The Hall–Kier alpha value is -5.18. The van der Waals surface area contributed by atoms with E-state index in [1.807, 2.05) is 49.6 Å². The van der Waals surface area contributed by atoms with Gasteiger partial charge in [0.2, 0.25) is 11.8 Å². The fraction of sp³-hybridized carbons (Fsp3) is 0.474. The van der Waals surface area contributed by atoms with Crippen molar-refractivity contribution in [2.24, 2.45) is 11.8 Å². The van der Waals surface area contributed by atoms with Gasteiger partial charge in [-0.15, -0.1) is 11.3 Å². The van der Waals surface area contributed by atoms with Crippen molar-refractivity contribution in [2.75, 3.05) is 27.3 Å². The number of imidazole rings is 2. The minimum Gasteiger partial charge on any atom is -0.453 e. The molecule has 280 valence electrons. The number of methoxy groups -OCH3 is 2. The molecule has 5 aromatic rings. The quantitative estimate of drug-likeness (QED) is 0.134. The molecule has 0 radical (unpaired) electrons. The van der Waals surface area contributed by atoms with E-state index in [0.29, 0.717) is 13.1 Å². The first-order chi connectivity index (χ1) is 25.5. The van der Waals surface area contributed by atoms with Crippen LogP contribution in [0.25, 0.3) is 42.6 Å². The molecule has 2 aliphatic rings. The maximum absolute atomic E-state index is 13.7. The zero-order chi connectivity index (χ0) is 37.6. The number of amides is 4. The fourth-order valence-electron chi connectivity index (χ4n) is 7.61. The number of thiophene rings is 1. The molecule has 0 aliphatic carbocycles. The predicted octanol–water partition coefficient (Wildman–Crippen LogP) is 6.41. The molecule has 3 aromatic heterocycles. The number of alkyl carbamates (subject to hydrolysis) is 2. The molecule has 5 heterocycles. The summed E-state index contributed by atoms with van der Waals surface area (Å²) < 4.78 is 10.6. The Morgan fingerprint density at radius 3 is 1.91 bits per heavy atom. The van der Waals surface area contributed by atoms with Gasteiger partial charge in [0.05, 0.1) is 47.6 Å². The average Bonchev–Trinajstić information content (AvgIpc) is 3.98. The topological polar surface area (TPSA) is 175 Å². The zero-order valence-corrected chi connectivity index (χ0v) is 31.6. The van der Waals surface area contributed by atoms with Crippen LogP contribution in [0.3, 0.4) is 0 Å². The highest BCUT2D eigenvalue weighted by atomic mass is 32.1. The van der Waals surface area contributed by atoms with Gasteiger partial charge in [-0.1, -0.05) is 39.8 Å². The molecule has 0 unspecified atom stereocenters. The van der Waals surface area contributed by atoms with Crippen LogP contribution >= 0.6 is 11.3 Å². The van der Waals surface area contributed by atoms with Crippen LogP contribution in [-0.4, -0.2) is 93.1 Å². The van der Waals surface area contributed by atoms with Gasteiger partial charge in [0, 0.05) is 18.0 Å². The summed E-state index contributed by atoms with van der Waals surface area (Å²) >= 11 is 1.66. The lowest BCUT2D eigenvalue weighted by Gasteiger charge is -2.29. The number of rotatable bonds is 9. The number of nitrogens with zero attached hydrogens (tertiary/aromatic N) is 4. The molecule has 2 saturated heterocycles. The van der Waals surface area contributed by atoms with Crippen LogP contribution in [0.1, 0.15) is 77.1 Å². The van der Waals surface area contributed by atoms with E-state index in [2.05, 4.69) is 44.9 Å². The van der Waals surface area contributed by atoms with E-state index in [1.165, 1.54) is 14.2 Å². The maximum Gasteiger partial charge on any atom is 0.407 e. The minimum atomic E-state index is -0.700. The molecule has 7 rings (SSSR count). The molecule has 0 spiro atoms. The van der Waals surface area contributed by atoms with Gasteiger partial charge in [-0.05, 0) is 72.7 Å². The van der Waals surface area contributed by atoms with Crippen molar-refractivity contribution in [3.63, 3.8) is 0 Å². The number of H-pyrrole nitrogens is 2.